The van der Waals surface area contributed by atoms with E-state index in [2.05, 4.69) is 43.0 Å². The average molecular weight is 392 g/mol. The van der Waals surface area contributed by atoms with Crippen LogP contribution in [0, 0.1) is 0 Å². The van der Waals surface area contributed by atoms with E-state index in [1.165, 1.54) is 27.1 Å². The van der Waals surface area contributed by atoms with Gasteiger partial charge in [-0.05, 0) is 28.5 Å². The number of hydrogen-bond donors (Lipinski definition) is 0. The first-order valence-electron chi connectivity index (χ1n) is 8.50. The van der Waals surface area contributed by atoms with Crippen LogP contribution in [0.2, 0.25) is 0 Å². The highest BCUT2D eigenvalue weighted by Crippen LogP contribution is 2.38. The number of thioether (sulfide) groups is 1. The van der Waals surface area contributed by atoms with Crippen molar-refractivity contribution in [2.45, 2.75) is 5.75 Å². The third kappa shape index (κ3) is 3.75. The first-order chi connectivity index (χ1) is 13.3. The average Bonchev–Trinajstić information content (AvgIpc) is 3.14. The second kappa shape index (κ2) is 7.94. The van der Waals surface area contributed by atoms with Crippen LogP contribution in [-0.4, -0.2) is 16.9 Å². The Morgan fingerprint density at radius 1 is 1.11 bits per heavy atom. The Bertz CT molecular complexity index is 1100. The number of ether oxygens (including phenoxy) is 1. The van der Waals surface area contributed by atoms with Gasteiger partial charge in [-0.15, -0.1) is 23.1 Å². The zero-order valence-electron chi connectivity index (χ0n) is 14.6. The molecule has 1 heterocycles. The smallest absolute Gasteiger partial charge is 0.330 e. The third-order valence-electron chi connectivity index (χ3n) is 4.23. The van der Waals surface area contributed by atoms with Gasteiger partial charge in [0, 0.05) is 17.4 Å². The number of fused-ring (bicyclic) bond motifs is 2. The summed E-state index contributed by atoms with van der Waals surface area (Å²) in [5.41, 5.74) is 3.37. The van der Waals surface area contributed by atoms with Crippen molar-refractivity contribution in [3.8, 4) is 10.6 Å². The molecule has 0 N–H and O–H groups in total. The molecule has 0 aliphatic carbocycles. The van der Waals surface area contributed by atoms with E-state index in [1.807, 2.05) is 24.3 Å². The van der Waals surface area contributed by atoms with Gasteiger partial charge in [0.05, 0.1) is 10.2 Å². The summed E-state index contributed by atoms with van der Waals surface area (Å²) in [6.07, 6.45) is 1.18. The Balaban J connectivity index is 1.74. The predicted octanol–water partition coefficient (Wildman–Crippen LogP) is 6.04. The maximum Gasteiger partial charge on any atom is 0.330 e. The second-order valence-electron chi connectivity index (χ2n) is 5.94. The number of hydrogen-bond acceptors (Lipinski definition) is 5. The summed E-state index contributed by atoms with van der Waals surface area (Å²) in [7, 11) is 0. The zero-order valence-corrected chi connectivity index (χ0v) is 16.2. The Morgan fingerprint density at radius 2 is 1.93 bits per heavy atom. The number of carbonyl (C=O) groups excluding carboxylic acids is 1. The topological polar surface area (TPSA) is 39.2 Å². The Hall–Kier alpha value is -2.63. The second-order valence-corrected chi connectivity index (χ2v) is 7.90. The lowest BCUT2D eigenvalue weighted by Crippen LogP contribution is -1.99. The van der Waals surface area contributed by atoms with E-state index in [9.17, 15) is 4.79 Å². The molecule has 0 unspecified atom stereocenters. The summed E-state index contributed by atoms with van der Waals surface area (Å²) < 4.78 is 6.27. The molecule has 0 aliphatic heterocycles. The van der Waals surface area contributed by atoms with E-state index in [0.29, 0.717) is 5.94 Å². The van der Waals surface area contributed by atoms with E-state index in [4.69, 9.17) is 9.72 Å². The number of carbonyl (C=O) groups is 1. The number of thiazole rings is 1. The van der Waals surface area contributed by atoms with Gasteiger partial charge in [0.1, 0.15) is 10.9 Å². The van der Waals surface area contributed by atoms with Crippen LogP contribution in [0.15, 0.2) is 73.3 Å². The minimum atomic E-state index is -0.396. The van der Waals surface area contributed by atoms with Gasteiger partial charge in [0.2, 0.25) is 0 Å². The highest BCUT2D eigenvalue weighted by Gasteiger charge is 2.14. The minimum Gasteiger partial charge on any atom is -0.451 e. The monoisotopic (exact) mass is 391 g/mol. The van der Waals surface area contributed by atoms with Crippen molar-refractivity contribution < 1.29 is 9.53 Å². The van der Waals surface area contributed by atoms with Crippen LogP contribution in [0.5, 0.6) is 0 Å². The van der Waals surface area contributed by atoms with Crippen LogP contribution < -0.4 is 0 Å². The van der Waals surface area contributed by atoms with Crippen LogP contribution in [0.3, 0.4) is 0 Å². The van der Waals surface area contributed by atoms with Gasteiger partial charge < -0.3 is 4.74 Å². The lowest BCUT2D eigenvalue weighted by atomic mass is 10.00. The largest absolute Gasteiger partial charge is 0.451 e. The molecule has 3 nitrogen and oxygen atoms in total. The fraction of sp³-hybridized carbons (Fsp3) is 0.0909. The van der Waals surface area contributed by atoms with E-state index in [1.54, 1.807) is 23.1 Å². The van der Waals surface area contributed by atoms with Crippen LogP contribution in [0.25, 0.3) is 31.6 Å². The first kappa shape index (κ1) is 17.8. The molecule has 3 aromatic carbocycles. The SMILES string of the molecule is C=CC(=O)OCSCc1ccc2ccccc2c1-c1nc2ccccc2s1. The zero-order chi connectivity index (χ0) is 18.6. The van der Waals surface area contributed by atoms with Crippen LogP contribution >= 0.6 is 23.1 Å². The summed E-state index contributed by atoms with van der Waals surface area (Å²) in [6, 6.07) is 20.9. The molecular weight excluding hydrogens is 374 g/mol. The summed E-state index contributed by atoms with van der Waals surface area (Å²) in [6.45, 7) is 3.42. The van der Waals surface area contributed by atoms with Gasteiger partial charge in [-0.2, -0.15) is 0 Å². The molecule has 0 bridgehead atoms. The molecule has 0 amide bonds. The molecule has 0 aliphatic rings. The summed E-state index contributed by atoms with van der Waals surface area (Å²) in [4.78, 5) is 16.1. The van der Waals surface area contributed by atoms with Crippen molar-refractivity contribution in [2.75, 3.05) is 5.94 Å². The fourth-order valence-electron chi connectivity index (χ4n) is 2.98. The van der Waals surface area contributed by atoms with Crippen molar-refractivity contribution in [3.63, 3.8) is 0 Å². The van der Waals surface area contributed by atoms with Gasteiger partial charge in [-0.25, -0.2) is 9.78 Å². The van der Waals surface area contributed by atoms with Crippen molar-refractivity contribution in [2.24, 2.45) is 0 Å². The van der Waals surface area contributed by atoms with Crippen LogP contribution in [-0.2, 0) is 15.3 Å². The Morgan fingerprint density at radius 3 is 2.78 bits per heavy atom. The molecule has 5 heteroatoms. The highest BCUT2D eigenvalue weighted by molar-refractivity contribution is 7.98. The third-order valence-corrected chi connectivity index (χ3v) is 6.09. The highest BCUT2D eigenvalue weighted by atomic mass is 32.2. The number of benzene rings is 3. The lowest BCUT2D eigenvalue weighted by Gasteiger charge is -2.11. The van der Waals surface area contributed by atoms with Gasteiger partial charge in [-0.1, -0.05) is 55.1 Å². The van der Waals surface area contributed by atoms with Crippen LogP contribution in [0.4, 0.5) is 0 Å². The van der Waals surface area contributed by atoms with Crippen molar-refractivity contribution in [3.05, 3.63) is 78.9 Å². The summed E-state index contributed by atoms with van der Waals surface area (Å²) >= 11 is 3.27. The first-order valence-corrected chi connectivity index (χ1v) is 10.5. The fourth-order valence-corrected chi connectivity index (χ4v) is 4.78. The maximum atomic E-state index is 11.2. The molecule has 0 radical (unpaired) electrons. The van der Waals surface area contributed by atoms with E-state index in [0.717, 1.165) is 21.8 Å². The van der Waals surface area contributed by atoms with Gasteiger partial charge in [0.25, 0.3) is 0 Å². The van der Waals surface area contributed by atoms with E-state index < -0.39 is 5.97 Å². The summed E-state index contributed by atoms with van der Waals surface area (Å²) in [5, 5.41) is 3.41. The molecule has 0 atom stereocenters. The molecule has 0 saturated heterocycles. The molecule has 4 aromatic rings. The standard InChI is InChI=1S/C22H17NO2S2/c1-2-20(24)25-14-26-13-16-12-11-15-7-3-4-8-17(15)21(16)22-23-18-9-5-6-10-19(18)27-22/h2-12H,1,13-14H2. The number of nitrogens with zero attached hydrogens (tertiary/aromatic N) is 1. The molecule has 0 spiro atoms. The number of esters is 1. The quantitative estimate of drug-likeness (QED) is 0.174. The lowest BCUT2D eigenvalue weighted by molar-refractivity contribution is -0.135. The molecule has 134 valence electrons. The molecule has 1 aromatic heterocycles. The molecular formula is C22H17NO2S2. The normalized spacial score (nSPS) is 11.0. The van der Waals surface area contributed by atoms with Gasteiger partial charge in [-0.3, -0.25) is 0 Å². The van der Waals surface area contributed by atoms with Crippen molar-refractivity contribution in [1.29, 1.82) is 0 Å². The minimum absolute atomic E-state index is 0.303. The molecule has 0 saturated carbocycles. The van der Waals surface area contributed by atoms with E-state index in [-0.39, 0.29) is 0 Å². The Kier molecular flexibility index (Phi) is 5.23. The summed E-state index contributed by atoms with van der Waals surface area (Å²) in [5.74, 6) is 0.643. The molecule has 27 heavy (non-hydrogen) atoms. The maximum absolute atomic E-state index is 11.2. The van der Waals surface area contributed by atoms with Crippen molar-refractivity contribution in [1.82, 2.24) is 4.98 Å². The predicted molar refractivity (Wildman–Crippen MR) is 115 cm³/mol. The Labute approximate surface area is 165 Å². The van der Waals surface area contributed by atoms with Gasteiger partial charge in [0.15, 0.2) is 0 Å². The van der Waals surface area contributed by atoms with Crippen molar-refractivity contribution >= 4 is 50.1 Å². The van der Waals surface area contributed by atoms with Crippen LogP contribution in [0.1, 0.15) is 5.56 Å². The molecule has 4 rings (SSSR count). The van der Waals surface area contributed by atoms with Gasteiger partial charge >= 0.3 is 5.97 Å². The van der Waals surface area contributed by atoms with E-state index >= 15 is 0 Å². The number of rotatable bonds is 6. The number of aromatic nitrogens is 1. The number of para-hydroxylation sites is 1. The molecule has 0 fully saturated rings.